The molecule has 0 aromatic heterocycles. The van der Waals surface area contributed by atoms with Crippen LogP contribution in [-0.4, -0.2) is 35.9 Å². The molecule has 2 saturated heterocycles. The Morgan fingerprint density at radius 1 is 1.41 bits per heavy atom. The van der Waals surface area contributed by atoms with Crippen LogP contribution in [0.3, 0.4) is 0 Å². The fourth-order valence-electron chi connectivity index (χ4n) is 4.52. The molecule has 2 aliphatic heterocycles. The van der Waals surface area contributed by atoms with Crippen molar-refractivity contribution in [2.75, 3.05) is 0 Å². The van der Waals surface area contributed by atoms with Gasteiger partial charge in [0.25, 0.3) is 0 Å². The molecule has 0 N–H and O–H groups in total. The molecule has 0 amide bonds. The summed E-state index contributed by atoms with van der Waals surface area (Å²) in [6.07, 6.45) is 7.08. The summed E-state index contributed by atoms with van der Waals surface area (Å²) in [5.41, 5.74) is 1.72. The SMILES string of the molecule is C=C1C(=O)O[C@H]2[C@H](OC(C)=O)[C@H](C)CCC/C(C)=C/CC[C@@]3(C)O[C@H]3C[C@@H]12. The van der Waals surface area contributed by atoms with Crippen molar-refractivity contribution in [1.82, 2.24) is 0 Å². The number of allylic oxidation sites excluding steroid dienone is 2. The molecule has 0 saturated carbocycles. The minimum atomic E-state index is -0.475. The van der Waals surface area contributed by atoms with Crippen LogP contribution in [-0.2, 0) is 23.8 Å². The highest BCUT2D eigenvalue weighted by molar-refractivity contribution is 5.91. The molecule has 0 spiro atoms. The molecule has 0 bridgehead atoms. The van der Waals surface area contributed by atoms with E-state index >= 15 is 0 Å². The van der Waals surface area contributed by atoms with Crippen molar-refractivity contribution in [2.24, 2.45) is 11.8 Å². The zero-order chi connectivity index (χ0) is 19.8. The van der Waals surface area contributed by atoms with Gasteiger partial charge in [0.05, 0.1) is 11.7 Å². The third-order valence-electron chi connectivity index (χ3n) is 6.40. The van der Waals surface area contributed by atoms with Crippen molar-refractivity contribution >= 4 is 11.9 Å². The summed E-state index contributed by atoms with van der Waals surface area (Å²) in [5, 5.41) is 0. The lowest BCUT2D eigenvalue weighted by atomic mass is 9.81. The van der Waals surface area contributed by atoms with E-state index in [1.54, 1.807) is 0 Å². The molecule has 0 aromatic rings. The third kappa shape index (κ3) is 4.45. The summed E-state index contributed by atoms with van der Waals surface area (Å²) in [6, 6.07) is 0. The molecule has 3 rings (SSSR count). The van der Waals surface area contributed by atoms with Gasteiger partial charge in [-0.2, -0.15) is 0 Å². The first-order chi connectivity index (χ1) is 12.7. The van der Waals surface area contributed by atoms with E-state index in [9.17, 15) is 9.59 Å². The fraction of sp³-hybridized carbons (Fsp3) is 0.727. The number of ether oxygens (including phenoxy) is 3. The normalized spacial score (nSPS) is 42.1. The maximum absolute atomic E-state index is 12.3. The number of epoxide rings is 1. The van der Waals surface area contributed by atoms with Crippen molar-refractivity contribution in [2.45, 2.75) is 90.1 Å². The van der Waals surface area contributed by atoms with Crippen molar-refractivity contribution < 1.29 is 23.8 Å². The Balaban J connectivity index is 1.86. The molecule has 5 heteroatoms. The molecule has 2 heterocycles. The van der Waals surface area contributed by atoms with Crippen LogP contribution >= 0.6 is 0 Å². The van der Waals surface area contributed by atoms with Crippen LogP contribution in [0.25, 0.3) is 0 Å². The molecule has 1 aliphatic carbocycles. The third-order valence-corrected chi connectivity index (χ3v) is 6.40. The standard InChI is InChI=1S/C22H32O5/c1-13-8-6-10-14(2)19(25-16(4)23)20-17(15(3)21(24)26-20)12-18-22(5,27-18)11-7-9-13/h9,14,17-20H,3,6-8,10-12H2,1-2,4-5H3/b13-9+/t14-,17+,18+,19-,20-,22-/m1/s1. The van der Waals surface area contributed by atoms with Crippen molar-refractivity contribution in [3.63, 3.8) is 0 Å². The lowest BCUT2D eigenvalue weighted by Gasteiger charge is -2.31. The van der Waals surface area contributed by atoms with Gasteiger partial charge in [-0.3, -0.25) is 4.79 Å². The number of carbonyl (C=O) groups is 2. The van der Waals surface area contributed by atoms with Crippen LogP contribution in [0, 0.1) is 11.8 Å². The Hall–Kier alpha value is -1.62. The Morgan fingerprint density at radius 3 is 2.85 bits per heavy atom. The van der Waals surface area contributed by atoms with Gasteiger partial charge in [0.1, 0.15) is 12.2 Å². The first kappa shape index (κ1) is 20.1. The van der Waals surface area contributed by atoms with Crippen molar-refractivity contribution in [3.05, 3.63) is 23.8 Å². The highest BCUT2D eigenvalue weighted by Crippen LogP contribution is 2.48. The second kappa shape index (κ2) is 7.78. The average Bonchev–Trinajstić information content (AvgIpc) is 3.14. The first-order valence-electron chi connectivity index (χ1n) is 10.1. The molecule has 6 atom stereocenters. The van der Waals surface area contributed by atoms with Gasteiger partial charge in [-0.05, 0) is 58.3 Å². The predicted octanol–water partition coefficient (Wildman–Crippen LogP) is 4.11. The van der Waals surface area contributed by atoms with Crippen molar-refractivity contribution in [3.8, 4) is 0 Å². The fourth-order valence-corrected chi connectivity index (χ4v) is 4.52. The van der Waals surface area contributed by atoms with Gasteiger partial charge in [-0.25, -0.2) is 4.79 Å². The van der Waals surface area contributed by atoms with E-state index in [1.807, 2.05) is 0 Å². The topological polar surface area (TPSA) is 65.1 Å². The quantitative estimate of drug-likeness (QED) is 0.298. The number of rotatable bonds is 1. The molecule has 5 nitrogen and oxygen atoms in total. The minimum Gasteiger partial charge on any atom is -0.458 e. The summed E-state index contributed by atoms with van der Waals surface area (Å²) >= 11 is 0. The summed E-state index contributed by atoms with van der Waals surface area (Å²) in [4.78, 5) is 24.0. The van der Waals surface area contributed by atoms with Gasteiger partial charge in [-0.1, -0.05) is 25.2 Å². The van der Waals surface area contributed by atoms with Gasteiger partial charge in [0, 0.05) is 18.4 Å². The molecule has 27 heavy (non-hydrogen) atoms. The van der Waals surface area contributed by atoms with E-state index in [0.29, 0.717) is 12.0 Å². The lowest BCUT2D eigenvalue weighted by Crippen LogP contribution is -2.40. The highest BCUT2D eigenvalue weighted by Gasteiger charge is 2.56. The predicted molar refractivity (Wildman–Crippen MR) is 102 cm³/mol. The van der Waals surface area contributed by atoms with E-state index in [2.05, 4.69) is 33.4 Å². The monoisotopic (exact) mass is 376 g/mol. The van der Waals surface area contributed by atoms with E-state index < -0.39 is 12.2 Å². The Kier molecular flexibility index (Phi) is 5.80. The van der Waals surface area contributed by atoms with E-state index in [-0.39, 0.29) is 35.5 Å². The Morgan fingerprint density at radius 2 is 2.15 bits per heavy atom. The Labute approximate surface area is 162 Å². The van der Waals surface area contributed by atoms with Crippen LogP contribution < -0.4 is 0 Å². The molecule has 3 aliphatic rings. The lowest BCUT2D eigenvalue weighted by molar-refractivity contribution is -0.165. The smallest absolute Gasteiger partial charge is 0.334 e. The second-order valence-electron chi connectivity index (χ2n) is 8.69. The average molecular weight is 376 g/mol. The van der Waals surface area contributed by atoms with Gasteiger partial charge >= 0.3 is 11.9 Å². The summed E-state index contributed by atoms with van der Waals surface area (Å²) in [5.74, 6) is -0.791. The molecular formula is C22H32O5. The van der Waals surface area contributed by atoms with E-state index in [0.717, 1.165) is 32.1 Å². The van der Waals surface area contributed by atoms with Gasteiger partial charge < -0.3 is 14.2 Å². The summed E-state index contributed by atoms with van der Waals surface area (Å²) in [6.45, 7) is 11.8. The number of fused-ring (bicyclic) bond motifs is 2. The summed E-state index contributed by atoms with van der Waals surface area (Å²) < 4.78 is 17.3. The second-order valence-corrected chi connectivity index (χ2v) is 8.69. The molecule has 150 valence electrons. The maximum Gasteiger partial charge on any atom is 0.334 e. The van der Waals surface area contributed by atoms with E-state index in [1.165, 1.54) is 12.5 Å². The van der Waals surface area contributed by atoms with Crippen LogP contribution in [0.1, 0.15) is 66.2 Å². The van der Waals surface area contributed by atoms with Crippen LogP contribution in [0.2, 0.25) is 0 Å². The number of carbonyl (C=O) groups excluding carboxylic acids is 2. The molecule has 2 fully saturated rings. The largest absolute Gasteiger partial charge is 0.458 e. The maximum atomic E-state index is 12.3. The van der Waals surface area contributed by atoms with Crippen LogP contribution in [0.15, 0.2) is 23.8 Å². The minimum absolute atomic E-state index is 0.0844. The molecular weight excluding hydrogens is 344 g/mol. The van der Waals surface area contributed by atoms with E-state index in [4.69, 9.17) is 14.2 Å². The number of hydrogen-bond donors (Lipinski definition) is 0. The van der Waals surface area contributed by atoms with Crippen molar-refractivity contribution in [1.29, 1.82) is 0 Å². The van der Waals surface area contributed by atoms with Crippen LogP contribution in [0.4, 0.5) is 0 Å². The highest BCUT2D eigenvalue weighted by atomic mass is 16.6. The van der Waals surface area contributed by atoms with Gasteiger partial charge in [0.15, 0.2) is 0 Å². The first-order valence-corrected chi connectivity index (χ1v) is 10.1. The van der Waals surface area contributed by atoms with Gasteiger partial charge in [0.2, 0.25) is 0 Å². The zero-order valence-corrected chi connectivity index (χ0v) is 17.0. The number of hydrogen-bond acceptors (Lipinski definition) is 5. The Bertz CT molecular complexity index is 651. The number of esters is 2. The molecule has 0 unspecified atom stereocenters. The molecule has 0 aromatic carbocycles. The molecule has 0 radical (unpaired) electrons. The summed E-state index contributed by atoms with van der Waals surface area (Å²) in [7, 11) is 0. The van der Waals surface area contributed by atoms with Crippen LogP contribution in [0.5, 0.6) is 0 Å². The zero-order valence-electron chi connectivity index (χ0n) is 17.0. The van der Waals surface area contributed by atoms with Gasteiger partial charge in [-0.15, -0.1) is 0 Å².